The SMILES string of the molecule is FC(F)(F)C(F)(F)C(F)(F)c1nc2ccc(Oc3cccc(Cl)c3Cl)cc2[nH]1. The topological polar surface area (TPSA) is 37.9 Å². The maximum absolute atomic E-state index is 13.8. The van der Waals surface area contributed by atoms with E-state index in [2.05, 4.69) is 4.98 Å². The average molecular weight is 447 g/mol. The van der Waals surface area contributed by atoms with Gasteiger partial charge in [0, 0.05) is 6.07 Å². The standard InChI is InChI=1S/C16H7Cl2F7N2O/c17-8-2-1-3-11(12(8)18)28-7-4-5-9-10(6-7)27-13(26-9)14(19,20)15(21,22)16(23,24)25/h1-6H,(H,26,27). The summed E-state index contributed by atoms with van der Waals surface area (Å²) in [6.45, 7) is 0. The van der Waals surface area contributed by atoms with Crippen molar-refractivity contribution in [3.05, 3.63) is 52.3 Å². The van der Waals surface area contributed by atoms with Crippen LogP contribution >= 0.6 is 23.2 Å². The third-order valence-electron chi connectivity index (χ3n) is 3.65. The summed E-state index contributed by atoms with van der Waals surface area (Å²) < 4.78 is 96.4. The molecule has 150 valence electrons. The lowest BCUT2D eigenvalue weighted by atomic mass is 10.1. The molecule has 2 aromatic carbocycles. The summed E-state index contributed by atoms with van der Waals surface area (Å²) in [6.07, 6.45) is -6.47. The number of hydrogen-bond acceptors (Lipinski definition) is 2. The van der Waals surface area contributed by atoms with Gasteiger partial charge < -0.3 is 9.72 Å². The van der Waals surface area contributed by atoms with Crippen molar-refractivity contribution < 1.29 is 35.5 Å². The molecule has 0 saturated heterocycles. The van der Waals surface area contributed by atoms with Gasteiger partial charge in [-0.05, 0) is 24.3 Å². The molecular weight excluding hydrogens is 440 g/mol. The molecule has 3 rings (SSSR count). The Labute approximate surface area is 162 Å². The number of aromatic nitrogens is 2. The molecule has 1 aromatic heterocycles. The van der Waals surface area contributed by atoms with Gasteiger partial charge in [-0.2, -0.15) is 30.7 Å². The first kappa shape index (κ1) is 20.5. The number of nitrogens with zero attached hydrogens (tertiary/aromatic N) is 1. The molecule has 0 spiro atoms. The van der Waals surface area contributed by atoms with Crippen LogP contribution in [0.3, 0.4) is 0 Å². The number of alkyl halides is 7. The van der Waals surface area contributed by atoms with Gasteiger partial charge in [-0.25, -0.2) is 4.98 Å². The number of rotatable bonds is 4. The van der Waals surface area contributed by atoms with E-state index >= 15 is 0 Å². The fourth-order valence-electron chi connectivity index (χ4n) is 2.22. The number of halogens is 9. The van der Waals surface area contributed by atoms with Gasteiger partial charge in [-0.1, -0.05) is 29.3 Å². The highest BCUT2D eigenvalue weighted by atomic mass is 35.5. The summed E-state index contributed by atoms with van der Waals surface area (Å²) in [6, 6.07) is 7.90. The van der Waals surface area contributed by atoms with Crippen molar-refractivity contribution in [2.75, 3.05) is 0 Å². The van der Waals surface area contributed by atoms with E-state index in [1.165, 1.54) is 24.3 Å². The lowest BCUT2D eigenvalue weighted by Gasteiger charge is -2.26. The molecule has 0 aliphatic carbocycles. The lowest BCUT2D eigenvalue weighted by Crippen LogP contribution is -2.50. The van der Waals surface area contributed by atoms with Gasteiger partial charge in [-0.3, -0.25) is 0 Å². The molecule has 1 N–H and O–H groups in total. The molecule has 0 fully saturated rings. The molecule has 0 bridgehead atoms. The number of H-pyrrole nitrogens is 1. The molecule has 0 radical (unpaired) electrons. The molecule has 0 atom stereocenters. The number of imidazole rings is 1. The Morgan fingerprint density at radius 3 is 2.25 bits per heavy atom. The van der Waals surface area contributed by atoms with E-state index < -0.39 is 23.8 Å². The Kier molecular flexibility index (Phi) is 4.91. The lowest BCUT2D eigenvalue weighted by molar-refractivity contribution is -0.361. The summed E-state index contributed by atoms with van der Waals surface area (Å²) in [7, 11) is 0. The number of hydrogen-bond donors (Lipinski definition) is 1. The van der Waals surface area contributed by atoms with E-state index in [1.54, 1.807) is 4.98 Å². The van der Waals surface area contributed by atoms with Crippen LogP contribution in [0.15, 0.2) is 36.4 Å². The number of aromatic amines is 1. The van der Waals surface area contributed by atoms with E-state index in [-0.39, 0.29) is 32.6 Å². The van der Waals surface area contributed by atoms with Gasteiger partial charge in [0.1, 0.15) is 16.5 Å². The number of ether oxygens (including phenoxy) is 1. The zero-order valence-corrected chi connectivity index (χ0v) is 14.7. The van der Waals surface area contributed by atoms with Crippen molar-refractivity contribution in [3.8, 4) is 11.5 Å². The maximum atomic E-state index is 13.8. The van der Waals surface area contributed by atoms with Crippen molar-refractivity contribution in [1.29, 1.82) is 0 Å². The Hall–Kier alpha value is -2.20. The van der Waals surface area contributed by atoms with Crippen molar-refractivity contribution in [2.24, 2.45) is 0 Å². The Morgan fingerprint density at radius 1 is 0.929 bits per heavy atom. The fourth-order valence-corrected chi connectivity index (χ4v) is 2.55. The second kappa shape index (κ2) is 6.70. The van der Waals surface area contributed by atoms with Crippen molar-refractivity contribution in [1.82, 2.24) is 9.97 Å². The van der Waals surface area contributed by atoms with E-state index in [1.807, 2.05) is 0 Å². The molecular formula is C16H7Cl2F7N2O. The quantitative estimate of drug-likeness (QED) is 0.440. The predicted octanol–water partition coefficient (Wildman–Crippen LogP) is 6.95. The molecule has 28 heavy (non-hydrogen) atoms. The third-order valence-corrected chi connectivity index (χ3v) is 4.45. The predicted molar refractivity (Wildman–Crippen MR) is 87.5 cm³/mol. The number of nitrogens with one attached hydrogen (secondary N) is 1. The molecule has 0 unspecified atom stereocenters. The molecule has 3 nitrogen and oxygen atoms in total. The average Bonchev–Trinajstić information content (AvgIpc) is 3.02. The fraction of sp³-hybridized carbons (Fsp3) is 0.188. The number of benzene rings is 2. The third kappa shape index (κ3) is 3.35. The van der Waals surface area contributed by atoms with Crippen LogP contribution in [-0.2, 0) is 5.92 Å². The van der Waals surface area contributed by atoms with Crippen molar-refractivity contribution >= 4 is 34.2 Å². The van der Waals surface area contributed by atoms with E-state index in [0.717, 1.165) is 12.1 Å². The minimum atomic E-state index is -6.47. The smallest absolute Gasteiger partial charge is 0.456 e. The minimum Gasteiger partial charge on any atom is -0.456 e. The first-order valence-electron chi connectivity index (χ1n) is 7.29. The molecule has 0 aliphatic heterocycles. The van der Waals surface area contributed by atoms with Crippen LogP contribution in [0, 0.1) is 0 Å². The minimum absolute atomic E-state index is 0.0257. The highest BCUT2D eigenvalue weighted by molar-refractivity contribution is 6.42. The zero-order valence-electron chi connectivity index (χ0n) is 13.2. The highest BCUT2D eigenvalue weighted by Crippen LogP contribution is 2.51. The number of fused-ring (bicyclic) bond motifs is 1. The summed E-state index contributed by atoms with van der Waals surface area (Å²) >= 11 is 11.8. The monoisotopic (exact) mass is 446 g/mol. The maximum Gasteiger partial charge on any atom is 0.460 e. The van der Waals surface area contributed by atoms with Crippen LogP contribution in [0.2, 0.25) is 10.0 Å². The highest BCUT2D eigenvalue weighted by Gasteiger charge is 2.74. The Balaban J connectivity index is 1.98. The van der Waals surface area contributed by atoms with E-state index in [4.69, 9.17) is 27.9 Å². The van der Waals surface area contributed by atoms with Gasteiger partial charge in [0.25, 0.3) is 0 Å². The summed E-state index contributed by atoms with van der Waals surface area (Å²) in [4.78, 5) is 4.94. The van der Waals surface area contributed by atoms with Gasteiger partial charge in [-0.15, -0.1) is 0 Å². The second-order valence-corrected chi connectivity index (χ2v) is 6.35. The van der Waals surface area contributed by atoms with Crippen LogP contribution < -0.4 is 4.74 Å². The normalized spacial score (nSPS) is 13.2. The summed E-state index contributed by atoms with van der Waals surface area (Å²) in [5, 5.41) is 0.240. The van der Waals surface area contributed by atoms with Crippen LogP contribution in [-0.4, -0.2) is 22.1 Å². The van der Waals surface area contributed by atoms with Crippen LogP contribution in [0.4, 0.5) is 30.7 Å². The summed E-state index contributed by atoms with van der Waals surface area (Å²) in [5.41, 5.74) is -0.513. The Morgan fingerprint density at radius 2 is 1.61 bits per heavy atom. The van der Waals surface area contributed by atoms with Crippen LogP contribution in [0.25, 0.3) is 11.0 Å². The van der Waals surface area contributed by atoms with Gasteiger partial charge in [0.15, 0.2) is 5.82 Å². The van der Waals surface area contributed by atoms with Crippen molar-refractivity contribution in [2.45, 2.75) is 18.0 Å². The molecule has 0 aliphatic rings. The molecule has 12 heteroatoms. The molecule has 1 heterocycles. The van der Waals surface area contributed by atoms with Gasteiger partial charge in [0.05, 0.1) is 16.1 Å². The summed E-state index contributed by atoms with van der Waals surface area (Å²) in [5.74, 6) is -13.6. The van der Waals surface area contributed by atoms with Crippen LogP contribution in [0.1, 0.15) is 5.82 Å². The van der Waals surface area contributed by atoms with Gasteiger partial charge in [0.2, 0.25) is 0 Å². The van der Waals surface area contributed by atoms with Gasteiger partial charge >= 0.3 is 18.0 Å². The van der Waals surface area contributed by atoms with Crippen LogP contribution in [0.5, 0.6) is 11.5 Å². The first-order valence-corrected chi connectivity index (χ1v) is 8.04. The molecule has 3 aromatic rings. The van der Waals surface area contributed by atoms with E-state index in [0.29, 0.717) is 0 Å². The van der Waals surface area contributed by atoms with Crippen molar-refractivity contribution in [3.63, 3.8) is 0 Å². The van der Waals surface area contributed by atoms with E-state index in [9.17, 15) is 30.7 Å². The molecule has 0 saturated carbocycles. The first-order chi connectivity index (χ1) is 12.8. The second-order valence-electron chi connectivity index (χ2n) is 5.56. The largest absolute Gasteiger partial charge is 0.460 e. The zero-order chi connectivity index (χ0) is 20.9. The Bertz CT molecular complexity index is 1030. The molecule has 0 amide bonds.